The van der Waals surface area contributed by atoms with Gasteiger partial charge >= 0.3 is 0 Å². The number of hydrogen-bond acceptors (Lipinski definition) is 2. The second kappa shape index (κ2) is 5.84. The molecular weight excluding hydrogens is 288 g/mol. The first-order valence-corrected chi connectivity index (χ1v) is 8.67. The summed E-state index contributed by atoms with van der Waals surface area (Å²) in [5, 5.41) is 1.47. The number of aromatic amines is 1. The summed E-state index contributed by atoms with van der Waals surface area (Å²) in [5.74, 6) is 0.635. The molecule has 4 rings (SSSR count). The van der Waals surface area contributed by atoms with Crippen LogP contribution in [0.1, 0.15) is 49.0 Å². The molecule has 1 saturated carbocycles. The number of likely N-dealkylation sites (tertiary alicyclic amines) is 1. The van der Waals surface area contributed by atoms with Gasteiger partial charge in [-0.15, -0.1) is 0 Å². The lowest BCUT2D eigenvalue weighted by molar-refractivity contribution is 0.0683. The van der Waals surface area contributed by atoms with E-state index in [1.165, 1.54) is 25.7 Å². The molecule has 0 bridgehead atoms. The molecule has 1 aliphatic carbocycles. The van der Waals surface area contributed by atoms with Gasteiger partial charge in [0.2, 0.25) is 0 Å². The molecule has 1 saturated heterocycles. The number of pyridine rings is 1. The fourth-order valence-electron chi connectivity index (χ4n) is 4.36. The molecule has 1 aromatic heterocycles. The maximum absolute atomic E-state index is 13.0. The minimum absolute atomic E-state index is 0.0118. The van der Waals surface area contributed by atoms with Crippen molar-refractivity contribution in [2.24, 2.45) is 5.92 Å². The summed E-state index contributed by atoms with van der Waals surface area (Å²) in [4.78, 5) is 30.0. The lowest BCUT2D eigenvalue weighted by Gasteiger charge is -2.29. The van der Waals surface area contributed by atoms with Gasteiger partial charge < -0.3 is 9.88 Å². The fraction of sp³-hybridized carbons (Fsp3) is 0.474. The molecule has 120 valence electrons. The Bertz CT molecular complexity index is 789. The predicted molar refractivity (Wildman–Crippen MR) is 90.6 cm³/mol. The van der Waals surface area contributed by atoms with Crippen molar-refractivity contribution < 1.29 is 4.79 Å². The van der Waals surface area contributed by atoms with Gasteiger partial charge in [-0.25, -0.2) is 0 Å². The van der Waals surface area contributed by atoms with E-state index < -0.39 is 0 Å². The lowest BCUT2D eigenvalue weighted by Crippen LogP contribution is -2.40. The van der Waals surface area contributed by atoms with Crippen molar-refractivity contribution in [1.82, 2.24) is 9.88 Å². The minimum Gasteiger partial charge on any atom is -0.334 e. The van der Waals surface area contributed by atoms with E-state index in [2.05, 4.69) is 4.98 Å². The van der Waals surface area contributed by atoms with Crippen LogP contribution < -0.4 is 5.56 Å². The molecule has 1 amide bonds. The molecule has 23 heavy (non-hydrogen) atoms. The number of benzene rings is 1. The molecule has 1 atom stereocenters. The number of carbonyl (C=O) groups excluding carboxylic acids is 1. The van der Waals surface area contributed by atoms with Crippen molar-refractivity contribution in [2.45, 2.75) is 44.6 Å². The Labute approximate surface area is 135 Å². The first kappa shape index (κ1) is 14.5. The highest BCUT2D eigenvalue weighted by Gasteiger charge is 2.36. The Balaban J connectivity index is 1.67. The van der Waals surface area contributed by atoms with Crippen LogP contribution in [0, 0.1) is 5.92 Å². The number of nitrogens with zero attached hydrogens (tertiary/aromatic N) is 1. The highest BCUT2D eigenvalue weighted by molar-refractivity contribution is 5.96. The highest BCUT2D eigenvalue weighted by atomic mass is 16.2. The molecule has 4 nitrogen and oxygen atoms in total. The Morgan fingerprint density at radius 2 is 1.87 bits per heavy atom. The zero-order valence-electron chi connectivity index (χ0n) is 13.3. The number of rotatable bonds is 2. The van der Waals surface area contributed by atoms with E-state index in [1.807, 2.05) is 29.2 Å². The number of amides is 1. The van der Waals surface area contributed by atoms with Gasteiger partial charge in [-0.3, -0.25) is 9.59 Å². The third-order valence-corrected chi connectivity index (χ3v) is 5.49. The second-order valence-corrected chi connectivity index (χ2v) is 6.85. The quantitative estimate of drug-likeness (QED) is 0.925. The maximum atomic E-state index is 13.0. The van der Waals surface area contributed by atoms with Crippen LogP contribution in [0.4, 0.5) is 0 Å². The van der Waals surface area contributed by atoms with Crippen molar-refractivity contribution in [3.05, 3.63) is 46.4 Å². The normalized spacial score (nSPS) is 22.1. The standard InChI is InChI=1S/C19H22N2O2/c22-18-15-9-4-3-8-14(15)12-16(20-18)19(23)21-11-5-10-17(21)13-6-1-2-7-13/h3-4,8-9,12-13,17H,1-2,5-7,10-11H2,(H,20,22). The van der Waals surface area contributed by atoms with E-state index in [0.29, 0.717) is 23.0 Å². The van der Waals surface area contributed by atoms with Gasteiger partial charge in [0.05, 0.1) is 0 Å². The Hall–Kier alpha value is -2.10. The molecule has 0 radical (unpaired) electrons. The fourth-order valence-corrected chi connectivity index (χ4v) is 4.36. The minimum atomic E-state index is -0.178. The number of nitrogens with one attached hydrogen (secondary N) is 1. The van der Waals surface area contributed by atoms with E-state index in [4.69, 9.17) is 0 Å². The van der Waals surface area contributed by atoms with Gasteiger partial charge in [0.1, 0.15) is 5.69 Å². The van der Waals surface area contributed by atoms with Gasteiger partial charge in [-0.05, 0) is 49.1 Å². The van der Waals surface area contributed by atoms with Gasteiger partial charge in [-0.2, -0.15) is 0 Å². The third-order valence-electron chi connectivity index (χ3n) is 5.49. The summed E-state index contributed by atoms with van der Waals surface area (Å²) in [5.41, 5.74) is 0.252. The summed E-state index contributed by atoms with van der Waals surface area (Å²) in [6, 6.07) is 9.60. The van der Waals surface area contributed by atoms with E-state index in [1.54, 1.807) is 6.07 Å². The van der Waals surface area contributed by atoms with Gasteiger partial charge in [0.25, 0.3) is 11.5 Å². The molecule has 1 aromatic carbocycles. The van der Waals surface area contributed by atoms with Crippen molar-refractivity contribution in [1.29, 1.82) is 0 Å². The first-order chi connectivity index (χ1) is 11.2. The average molecular weight is 310 g/mol. The predicted octanol–water partition coefficient (Wildman–Crippen LogP) is 3.32. The van der Waals surface area contributed by atoms with Crippen molar-refractivity contribution in [3.8, 4) is 0 Å². The molecular formula is C19H22N2O2. The molecule has 1 aliphatic heterocycles. The first-order valence-electron chi connectivity index (χ1n) is 8.67. The number of fused-ring (bicyclic) bond motifs is 1. The van der Waals surface area contributed by atoms with Crippen LogP contribution in [-0.4, -0.2) is 28.4 Å². The zero-order valence-corrected chi connectivity index (χ0v) is 13.3. The molecule has 2 aromatic rings. The largest absolute Gasteiger partial charge is 0.334 e. The number of H-pyrrole nitrogens is 1. The molecule has 1 N–H and O–H groups in total. The van der Waals surface area contributed by atoms with E-state index in [-0.39, 0.29) is 11.5 Å². The molecule has 2 fully saturated rings. The molecule has 2 aliphatic rings. The summed E-state index contributed by atoms with van der Waals surface area (Å²) in [6.45, 7) is 0.814. The monoisotopic (exact) mass is 310 g/mol. The van der Waals surface area contributed by atoms with Crippen LogP contribution >= 0.6 is 0 Å². The SMILES string of the molecule is O=C(c1cc2ccccc2c(=O)[nH]1)N1CCCC1C1CCCC1. The lowest BCUT2D eigenvalue weighted by atomic mass is 9.96. The Morgan fingerprint density at radius 3 is 2.70 bits per heavy atom. The molecule has 0 spiro atoms. The van der Waals surface area contributed by atoms with Gasteiger partial charge in [0.15, 0.2) is 0 Å². The Kier molecular flexibility index (Phi) is 3.68. The van der Waals surface area contributed by atoms with Crippen molar-refractivity contribution in [2.75, 3.05) is 6.54 Å². The van der Waals surface area contributed by atoms with Gasteiger partial charge in [0, 0.05) is 18.0 Å². The van der Waals surface area contributed by atoms with E-state index >= 15 is 0 Å². The number of aromatic nitrogens is 1. The van der Waals surface area contributed by atoms with E-state index in [0.717, 1.165) is 24.8 Å². The molecule has 1 unspecified atom stereocenters. The molecule has 4 heteroatoms. The summed E-state index contributed by atoms with van der Waals surface area (Å²) in [7, 11) is 0. The van der Waals surface area contributed by atoms with E-state index in [9.17, 15) is 9.59 Å². The second-order valence-electron chi connectivity index (χ2n) is 6.85. The van der Waals surface area contributed by atoms with Crippen molar-refractivity contribution in [3.63, 3.8) is 0 Å². The smallest absolute Gasteiger partial charge is 0.270 e. The van der Waals surface area contributed by atoms with Gasteiger partial charge in [-0.1, -0.05) is 31.0 Å². The summed E-state index contributed by atoms with van der Waals surface area (Å²) in [6.07, 6.45) is 7.23. The van der Waals surface area contributed by atoms with Crippen LogP contribution in [0.2, 0.25) is 0 Å². The summed E-state index contributed by atoms with van der Waals surface area (Å²) >= 11 is 0. The highest BCUT2D eigenvalue weighted by Crippen LogP contribution is 2.35. The van der Waals surface area contributed by atoms with Crippen LogP contribution in [-0.2, 0) is 0 Å². The topological polar surface area (TPSA) is 53.2 Å². The Morgan fingerprint density at radius 1 is 1.09 bits per heavy atom. The summed E-state index contributed by atoms with van der Waals surface area (Å²) < 4.78 is 0. The molecule has 2 heterocycles. The number of hydrogen-bond donors (Lipinski definition) is 1. The van der Waals surface area contributed by atoms with Crippen LogP contribution in [0.5, 0.6) is 0 Å². The van der Waals surface area contributed by atoms with Crippen LogP contribution in [0.25, 0.3) is 10.8 Å². The maximum Gasteiger partial charge on any atom is 0.270 e. The average Bonchev–Trinajstić information content (AvgIpc) is 3.25. The third kappa shape index (κ3) is 2.56. The van der Waals surface area contributed by atoms with Crippen LogP contribution in [0.15, 0.2) is 35.1 Å². The van der Waals surface area contributed by atoms with Crippen molar-refractivity contribution >= 4 is 16.7 Å². The number of carbonyl (C=O) groups is 1. The zero-order chi connectivity index (χ0) is 15.8. The van der Waals surface area contributed by atoms with Crippen LogP contribution in [0.3, 0.4) is 0 Å².